The fraction of sp³-hybridized carbons (Fsp3) is 0.438. The number of hydrogen-bond acceptors (Lipinski definition) is 4. The van der Waals surface area contributed by atoms with Gasteiger partial charge < -0.3 is 10.4 Å². The minimum absolute atomic E-state index is 0.218. The number of carbonyl (C=O) groups is 1. The van der Waals surface area contributed by atoms with E-state index in [2.05, 4.69) is 15.6 Å². The molecular formula is C16H18ClFN4O2. The number of benzene rings is 1. The maximum absolute atomic E-state index is 13.1. The van der Waals surface area contributed by atoms with E-state index in [0.717, 1.165) is 18.5 Å². The van der Waals surface area contributed by atoms with Crippen LogP contribution in [0.4, 0.5) is 4.39 Å². The average molecular weight is 353 g/mol. The Morgan fingerprint density at radius 1 is 1.38 bits per heavy atom. The highest BCUT2D eigenvalue weighted by Crippen LogP contribution is 2.25. The normalized spacial score (nSPS) is 20.9. The first-order valence-electron chi connectivity index (χ1n) is 7.86. The van der Waals surface area contributed by atoms with Crippen LogP contribution in [-0.2, 0) is 11.3 Å². The van der Waals surface area contributed by atoms with Gasteiger partial charge >= 0.3 is 5.97 Å². The Hall–Kier alpha value is -1.99. The van der Waals surface area contributed by atoms with Crippen molar-refractivity contribution in [3.05, 3.63) is 40.9 Å². The van der Waals surface area contributed by atoms with E-state index in [9.17, 15) is 9.18 Å². The molecule has 1 aliphatic carbocycles. The SMILES string of the molecule is O=C(O)C1CCC(NCc2cn(-c3ccc(F)cc3Cl)nn2)CC1. The predicted octanol–water partition coefficient (Wildman–Crippen LogP) is 2.79. The van der Waals surface area contributed by atoms with E-state index in [-0.39, 0.29) is 10.9 Å². The lowest BCUT2D eigenvalue weighted by atomic mass is 9.86. The fourth-order valence-corrected chi connectivity index (χ4v) is 3.21. The van der Waals surface area contributed by atoms with Gasteiger partial charge in [-0.1, -0.05) is 16.8 Å². The van der Waals surface area contributed by atoms with Crippen LogP contribution < -0.4 is 5.32 Å². The van der Waals surface area contributed by atoms with Gasteiger partial charge in [-0.25, -0.2) is 9.07 Å². The molecule has 1 aromatic carbocycles. The van der Waals surface area contributed by atoms with Gasteiger partial charge in [0.15, 0.2) is 0 Å². The van der Waals surface area contributed by atoms with Crippen LogP contribution in [0.1, 0.15) is 31.4 Å². The number of carboxylic acids is 1. The third-order valence-corrected chi connectivity index (χ3v) is 4.65. The van der Waals surface area contributed by atoms with E-state index in [1.54, 1.807) is 12.3 Å². The molecule has 0 aliphatic heterocycles. The number of carboxylic acid groups (broad SMARTS) is 1. The first-order valence-corrected chi connectivity index (χ1v) is 8.23. The van der Waals surface area contributed by atoms with Crippen LogP contribution in [0.3, 0.4) is 0 Å². The molecule has 0 atom stereocenters. The van der Waals surface area contributed by atoms with Crippen LogP contribution in [0.15, 0.2) is 24.4 Å². The third kappa shape index (κ3) is 3.91. The second-order valence-corrected chi connectivity index (χ2v) is 6.43. The lowest BCUT2D eigenvalue weighted by molar-refractivity contribution is -0.142. The van der Waals surface area contributed by atoms with Crippen molar-refractivity contribution in [3.63, 3.8) is 0 Å². The van der Waals surface area contributed by atoms with Crippen LogP contribution >= 0.6 is 11.6 Å². The third-order valence-electron chi connectivity index (χ3n) is 4.35. The van der Waals surface area contributed by atoms with Crippen molar-refractivity contribution >= 4 is 17.6 Å². The smallest absolute Gasteiger partial charge is 0.306 e. The summed E-state index contributed by atoms with van der Waals surface area (Å²) in [6.07, 6.45) is 4.83. The Bertz CT molecular complexity index is 729. The lowest BCUT2D eigenvalue weighted by Gasteiger charge is -2.26. The van der Waals surface area contributed by atoms with Crippen molar-refractivity contribution in [3.8, 4) is 5.69 Å². The van der Waals surface area contributed by atoms with Crippen LogP contribution in [0.5, 0.6) is 0 Å². The van der Waals surface area contributed by atoms with Gasteiger partial charge in [0.25, 0.3) is 0 Å². The number of nitrogens with zero attached hydrogens (tertiary/aromatic N) is 3. The summed E-state index contributed by atoms with van der Waals surface area (Å²) in [5, 5.41) is 20.8. The van der Waals surface area contributed by atoms with Crippen molar-refractivity contribution < 1.29 is 14.3 Å². The molecule has 0 amide bonds. The Kier molecular flexibility index (Phi) is 5.11. The summed E-state index contributed by atoms with van der Waals surface area (Å²) in [7, 11) is 0. The molecule has 0 bridgehead atoms. The molecule has 0 saturated heterocycles. The summed E-state index contributed by atoms with van der Waals surface area (Å²) in [5.41, 5.74) is 1.31. The molecule has 3 rings (SSSR count). The lowest BCUT2D eigenvalue weighted by Crippen LogP contribution is -2.34. The van der Waals surface area contributed by atoms with Gasteiger partial charge in [0.2, 0.25) is 0 Å². The maximum atomic E-state index is 13.1. The summed E-state index contributed by atoms with van der Waals surface area (Å²) in [5.74, 6) is -1.32. The van der Waals surface area contributed by atoms with Crippen molar-refractivity contribution in [1.82, 2.24) is 20.3 Å². The molecule has 1 heterocycles. The topological polar surface area (TPSA) is 80.0 Å². The molecule has 0 unspecified atom stereocenters. The van der Waals surface area contributed by atoms with E-state index in [4.69, 9.17) is 16.7 Å². The van der Waals surface area contributed by atoms with Crippen molar-refractivity contribution in [1.29, 1.82) is 0 Å². The fourth-order valence-electron chi connectivity index (χ4n) is 2.96. The quantitative estimate of drug-likeness (QED) is 0.865. The first-order chi connectivity index (χ1) is 11.5. The van der Waals surface area contributed by atoms with Gasteiger partial charge in [0, 0.05) is 12.6 Å². The van der Waals surface area contributed by atoms with E-state index in [1.165, 1.54) is 16.8 Å². The molecular weight excluding hydrogens is 335 g/mol. The van der Waals surface area contributed by atoms with Crippen LogP contribution in [0.2, 0.25) is 5.02 Å². The number of aromatic nitrogens is 3. The predicted molar refractivity (Wildman–Crippen MR) is 86.5 cm³/mol. The van der Waals surface area contributed by atoms with Gasteiger partial charge in [-0.2, -0.15) is 0 Å². The molecule has 6 nitrogen and oxygen atoms in total. The highest BCUT2D eigenvalue weighted by Gasteiger charge is 2.25. The number of halogens is 2. The van der Waals surface area contributed by atoms with Gasteiger partial charge in [0.1, 0.15) is 5.82 Å². The monoisotopic (exact) mass is 352 g/mol. The summed E-state index contributed by atoms with van der Waals surface area (Å²) in [6.45, 7) is 0.543. The molecule has 0 radical (unpaired) electrons. The highest BCUT2D eigenvalue weighted by molar-refractivity contribution is 6.32. The van der Waals surface area contributed by atoms with Crippen LogP contribution in [0.25, 0.3) is 5.69 Å². The minimum Gasteiger partial charge on any atom is -0.481 e. The Labute approximate surface area is 143 Å². The second-order valence-electron chi connectivity index (χ2n) is 6.02. The Balaban J connectivity index is 1.56. The van der Waals surface area contributed by atoms with Crippen LogP contribution in [-0.4, -0.2) is 32.1 Å². The maximum Gasteiger partial charge on any atom is 0.306 e. The zero-order valence-corrected chi connectivity index (χ0v) is 13.7. The van der Waals surface area contributed by atoms with Crippen molar-refractivity contribution in [2.75, 3.05) is 0 Å². The molecule has 1 aromatic heterocycles. The molecule has 128 valence electrons. The van der Waals surface area contributed by atoms with Gasteiger partial charge in [0.05, 0.1) is 28.5 Å². The zero-order valence-electron chi connectivity index (χ0n) is 13.0. The zero-order chi connectivity index (χ0) is 17.1. The molecule has 0 spiro atoms. The number of aliphatic carboxylic acids is 1. The second kappa shape index (κ2) is 7.27. The number of rotatable bonds is 5. The highest BCUT2D eigenvalue weighted by atomic mass is 35.5. The van der Waals surface area contributed by atoms with E-state index in [1.807, 2.05) is 0 Å². The molecule has 1 fully saturated rings. The molecule has 8 heteroatoms. The van der Waals surface area contributed by atoms with Gasteiger partial charge in [-0.15, -0.1) is 5.10 Å². The van der Waals surface area contributed by atoms with Gasteiger partial charge in [-0.05, 0) is 43.9 Å². The molecule has 2 N–H and O–H groups in total. The summed E-state index contributed by atoms with van der Waals surface area (Å²) in [6, 6.07) is 4.40. The van der Waals surface area contributed by atoms with Crippen LogP contribution in [0, 0.1) is 11.7 Å². The molecule has 1 saturated carbocycles. The van der Waals surface area contributed by atoms with E-state index >= 15 is 0 Å². The largest absolute Gasteiger partial charge is 0.481 e. The van der Waals surface area contributed by atoms with Gasteiger partial charge in [-0.3, -0.25) is 4.79 Å². The summed E-state index contributed by atoms with van der Waals surface area (Å²) in [4.78, 5) is 11.0. The first kappa shape index (κ1) is 16.9. The standard InChI is InChI=1S/C16H18ClFN4O2/c17-14-7-11(18)3-6-15(14)22-9-13(20-21-22)8-19-12-4-1-10(2-5-12)16(23)24/h3,6-7,9-10,12,19H,1-2,4-5,8H2,(H,23,24). The van der Waals surface area contributed by atoms with E-state index in [0.29, 0.717) is 31.1 Å². The molecule has 1 aliphatic rings. The minimum atomic E-state index is -0.701. The van der Waals surface area contributed by atoms with E-state index < -0.39 is 11.8 Å². The average Bonchev–Trinajstić information content (AvgIpc) is 3.02. The Morgan fingerprint density at radius 2 is 2.12 bits per heavy atom. The Morgan fingerprint density at radius 3 is 2.79 bits per heavy atom. The summed E-state index contributed by atoms with van der Waals surface area (Å²) < 4.78 is 14.6. The molecule has 2 aromatic rings. The number of nitrogens with one attached hydrogen (secondary N) is 1. The van der Waals surface area contributed by atoms with Crippen molar-refractivity contribution in [2.45, 2.75) is 38.3 Å². The van der Waals surface area contributed by atoms with Crippen molar-refractivity contribution in [2.24, 2.45) is 5.92 Å². The number of hydrogen-bond donors (Lipinski definition) is 2. The molecule has 24 heavy (non-hydrogen) atoms. The summed E-state index contributed by atoms with van der Waals surface area (Å²) >= 11 is 6.02.